The van der Waals surface area contributed by atoms with Crippen LogP contribution in [0.15, 0.2) is 12.1 Å². The van der Waals surface area contributed by atoms with E-state index >= 15 is 0 Å². The van der Waals surface area contributed by atoms with Crippen molar-refractivity contribution >= 4 is 5.69 Å². The number of nitrogens with zero attached hydrogens (tertiary/aromatic N) is 1. The third-order valence-corrected chi connectivity index (χ3v) is 2.37. The highest BCUT2D eigenvalue weighted by Crippen LogP contribution is 2.26. The number of alkyl halides is 3. The first-order valence-electron chi connectivity index (χ1n) is 5.11. The van der Waals surface area contributed by atoms with Gasteiger partial charge in [0.15, 0.2) is 0 Å². The minimum absolute atomic E-state index is 0.0259. The number of anilines is 1. The number of rotatable bonds is 4. The molecule has 0 radical (unpaired) electrons. The van der Waals surface area contributed by atoms with Gasteiger partial charge in [-0.05, 0) is 17.7 Å². The van der Waals surface area contributed by atoms with Crippen LogP contribution in [0.1, 0.15) is 12.0 Å². The molecule has 0 aromatic heterocycles. The summed E-state index contributed by atoms with van der Waals surface area (Å²) in [5, 5.41) is 8.73. The molecule has 0 saturated carbocycles. The largest absolute Gasteiger partial charge is 0.392 e. The summed E-state index contributed by atoms with van der Waals surface area (Å²) in [6, 6.07) is 1.78. The van der Waals surface area contributed by atoms with Gasteiger partial charge in [0.05, 0.1) is 13.0 Å². The Morgan fingerprint density at radius 1 is 1.17 bits per heavy atom. The Labute approximate surface area is 101 Å². The van der Waals surface area contributed by atoms with Crippen molar-refractivity contribution in [2.45, 2.75) is 19.2 Å². The van der Waals surface area contributed by atoms with Gasteiger partial charge in [-0.25, -0.2) is 8.78 Å². The van der Waals surface area contributed by atoms with Crippen LogP contribution in [0.4, 0.5) is 27.6 Å². The van der Waals surface area contributed by atoms with Crippen LogP contribution in [-0.2, 0) is 6.61 Å². The maximum absolute atomic E-state index is 13.5. The van der Waals surface area contributed by atoms with Crippen LogP contribution in [0.2, 0.25) is 0 Å². The van der Waals surface area contributed by atoms with E-state index in [-0.39, 0.29) is 5.56 Å². The lowest BCUT2D eigenvalue weighted by Gasteiger charge is -2.21. The summed E-state index contributed by atoms with van der Waals surface area (Å²) in [5.41, 5.74) is -0.505. The highest BCUT2D eigenvalue weighted by molar-refractivity contribution is 5.50. The highest BCUT2D eigenvalue weighted by Gasteiger charge is 2.28. The first-order valence-corrected chi connectivity index (χ1v) is 5.11. The maximum atomic E-state index is 13.5. The molecule has 0 aliphatic heterocycles. The van der Waals surface area contributed by atoms with Crippen molar-refractivity contribution in [2.24, 2.45) is 0 Å². The molecule has 0 spiro atoms. The second kappa shape index (κ2) is 5.51. The summed E-state index contributed by atoms with van der Waals surface area (Å²) in [6.07, 6.45) is -5.55. The van der Waals surface area contributed by atoms with Gasteiger partial charge in [-0.2, -0.15) is 13.2 Å². The molecular weight excluding hydrogens is 257 g/mol. The normalized spacial score (nSPS) is 11.7. The topological polar surface area (TPSA) is 23.5 Å². The van der Waals surface area contributed by atoms with Gasteiger partial charge in [0.1, 0.15) is 17.3 Å². The molecular formula is C11H12F5NO. The molecule has 1 rings (SSSR count). The average molecular weight is 269 g/mol. The second-order valence-corrected chi connectivity index (χ2v) is 3.85. The van der Waals surface area contributed by atoms with Gasteiger partial charge in [0, 0.05) is 13.6 Å². The summed E-state index contributed by atoms with van der Waals surface area (Å²) in [7, 11) is 1.17. The molecule has 1 N–H and O–H groups in total. The molecule has 7 heteroatoms. The molecule has 0 fully saturated rings. The highest BCUT2D eigenvalue weighted by atomic mass is 19.4. The average Bonchev–Trinajstić information content (AvgIpc) is 2.24. The maximum Gasteiger partial charge on any atom is 0.390 e. The SMILES string of the molecule is CN(CCC(F)(F)F)c1c(F)cc(CO)cc1F. The number of aliphatic hydroxyl groups excluding tert-OH is 1. The van der Waals surface area contributed by atoms with E-state index in [1.54, 1.807) is 0 Å². The van der Waals surface area contributed by atoms with Crippen LogP contribution < -0.4 is 4.90 Å². The Bertz CT molecular complexity index is 395. The van der Waals surface area contributed by atoms with Crippen LogP contribution in [0.25, 0.3) is 0 Å². The zero-order valence-corrected chi connectivity index (χ0v) is 9.56. The van der Waals surface area contributed by atoms with Crippen LogP contribution in [-0.4, -0.2) is 24.9 Å². The number of benzene rings is 1. The predicted molar refractivity (Wildman–Crippen MR) is 56.2 cm³/mol. The lowest BCUT2D eigenvalue weighted by atomic mass is 10.2. The number of hydrogen-bond acceptors (Lipinski definition) is 2. The molecule has 0 heterocycles. The van der Waals surface area contributed by atoms with Crippen LogP contribution >= 0.6 is 0 Å². The van der Waals surface area contributed by atoms with E-state index in [1.165, 1.54) is 7.05 Å². The van der Waals surface area contributed by atoms with Gasteiger partial charge in [-0.1, -0.05) is 0 Å². The van der Waals surface area contributed by atoms with Crippen molar-refractivity contribution in [3.8, 4) is 0 Å². The van der Waals surface area contributed by atoms with Crippen molar-refractivity contribution in [3.63, 3.8) is 0 Å². The van der Waals surface area contributed by atoms with Crippen LogP contribution in [0.5, 0.6) is 0 Å². The molecule has 18 heavy (non-hydrogen) atoms. The van der Waals surface area contributed by atoms with Crippen molar-refractivity contribution in [1.82, 2.24) is 0 Å². The van der Waals surface area contributed by atoms with Gasteiger partial charge in [-0.3, -0.25) is 0 Å². The summed E-state index contributed by atoms with van der Waals surface area (Å²) in [4.78, 5) is 0.860. The van der Waals surface area contributed by atoms with Gasteiger partial charge in [-0.15, -0.1) is 0 Å². The van der Waals surface area contributed by atoms with Crippen molar-refractivity contribution < 1.29 is 27.1 Å². The molecule has 1 aromatic rings. The van der Waals surface area contributed by atoms with Crippen molar-refractivity contribution in [1.29, 1.82) is 0 Å². The lowest BCUT2D eigenvalue weighted by Crippen LogP contribution is -2.25. The summed E-state index contributed by atoms with van der Waals surface area (Å²) < 4.78 is 63.0. The fourth-order valence-electron chi connectivity index (χ4n) is 1.48. The second-order valence-electron chi connectivity index (χ2n) is 3.85. The zero-order valence-electron chi connectivity index (χ0n) is 9.56. The molecule has 1 aromatic carbocycles. The van der Waals surface area contributed by atoms with E-state index in [0.717, 1.165) is 17.0 Å². The fraction of sp³-hybridized carbons (Fsp3) is 0.455. The first-order chi connectivity index (χ1) is 8.24. The molecule has 102 valence electrons. The minimum atomic E-state index is -4.38. The zero-order chi connectivity index (χ0) is 13.9. The van der Waals surface area contributed by atoms with Crippen LogP contribution in [0, 0.1) is 11.6 Å². The van der Waals surface area contributed by atoms with E-state index in [1.807, 2.05) is 0 Å². The number of hydrogen-bond donors (Lipinski definition) is 1. The molecule has 0 amide bonds. The molecule has 0 bridgehead atoms. The number of halogens is 5. The third kappa shape index (κ3) is 3.83. The fourth-order valence-corrected chi connectivity index (χ4v) is 1.48. The smallest absolute Gasteiger partial charge is 0.390 e. The quantitative estimate of drug-likeness (QED) is 0.850. The van der Waals surface area contributed by atoms with E-state index in [9.17, 15) is 22.0 Å². The summed E-state index contributed by atoms with van der Waals surface area (Å²) in [6.45, 7) is -1.09. The standard InChI is InChI=1S/C11H12F5NO/c1-17(3-2-11(14,15)16)10-8(12)4-7(6-18)5-9(10)13/h4-5,18H,2-3,6H2,1H3. The van der Waals surface area contributed by atoms with E-state index in [0.29, 0.717) is 0 Å². The Kier molecular flexibility index (Phi) is 4.50. The van der Waals surface area contributed by atoms with Gasteiger partial charge < -0.3 is 10.0 Å². The molecule has 0 unspecified atom stereocenters. The van der Waals surface area contributed by atoms with E-state index in [2.05, 4.69) is 0 Å². The molecule has 0 aliphatic rings. The Balaban J connectivity index is 2.89. The molecule has 0 aliphatic carbocycles. The minimum Gasteiger partial charge on any atom is -0.392 e. The Morgan fingerprint density at radius 3 is 2.06 bits per heavy atom. The van der Waals surface area contributed by atoms with Crippen LogP contribution in [0.3, 0.4) is 0 Å². The van der Waals surface area contributed by atoms with Gasteiger partial charge in [0.25, 0.3) is 0 Å². The Morgan fingerprint density at radius 2 is 1.67 bits per heavy atom. The van der Waals surface area contributed by atoms with Crippen molar-refractivity contribution in [2.75, 3.05) is 18.5 Å². The summed E-state index contributed by atoms with van der Waals surface area (Å²) >= 11 is 0. The predicted octanol–water partition coefficient (Wildman–Crippen LogP) is 2.85. The monoisotopic (exact) mass is 269 g/mol. The molecule has 0 saturated heterocycles. The van der Waals surface area contributed by atoms with E-state index in [4.69, 9.17) is 5.11 Å². The summed E-state index contributed by atoms with van der Waals surface area (Å²) in [5.74, 6) is -1.99. The van der Waals surface area contributed by atoms with Gasteiger partial charge in [0.2, 0.25) is 0 Å². The van der Waals surface area contributed by atoms with Crippen molar-refractivity contribution in [3.05, 3.63) is 29.3 Å². The molecule has 2 nitrogen and oxygen atoms in total. The third-order valence-electron chi connectivity index (χ3n) is 2.37. The lowest BCUT2D eigenvalue weighted by molar-refractivity contribution is -0.132. The number of aliphatic hydroxyl groups is 1. The van der Waals surface area contributed by atoms with E-state index < -0.39 is 43.1 Å². The van der Waals surface area contributed by atoms with Gasteiger partial charge >= 0.3 is 6.18 Å². The molecule has 0 atom stereocenters. The first kappa shape index (κ1) is 14.7. The Hall–Kier alpha value is -1.37.